The summed E-state index contributed by atoms with van der Waals surface area (Å²) in [6, 6.07) is 16.1. The lowest BCUT2D eigenvalue weighted by Gasteiger charge is -2.27. The molecule has 0 spiro atoms. The summed E-state index contributed by atoms with van der Waals surface area (Å²) in [4.78, 5) is 11.9. The molecule has 1 aliphatic rings. The Morgan fingerprint density at radius 1 is 1.22 bits per heavy atom. The summed E-state index contributed by atoms with van der Waals surface area (Å²) in [6.07, 6.45) is 2.60. The van der Waals surface area contributed by atoms with Crippen molar-refractivity contribution >= 4 is 11.8 Å². The highest BCUT2D eigenvalue weighted by Gasteiger charge is 2.18. The van der Waals surface area contributed by atoms with Gasteiger partial charge in [0.15, 0.2) is 0 Å². The first-order valence-electron chi connectivity index (χ1n) is 8.13. The van der Waals surface area contributed by atoms with Crippen molar-refractivity contribution in [1.29, 1.82) is 0 Å². The first kappa shape index (κ1) is 15.4. The maximum atomic E-state index is 11.9. The van der Waals surface area contributed by atoms with Crippen molar-refractivity contribution in [3.05, 3.63) is 59.7 Å². The van der Waals surface area contributed by atoms with E-state index in [2.05, 4.69) is 35.8 Å². The number of hydrogen-bond acceptors (Lipinski definition) is 3. The Morgan fingerprint density at radius 2 is 2.00 bits per heavy atom. The number of hydrogen-bond donors (Lipinski definition) is 2. The minimum atomic E-state index is -0.407. The predicted molar refractivity (Wildman–Crippen MR) is 92.0 cm³/mol. The molecule has 0 aromatic heterocycles. The van der Waals surface area contributed by atoms with Crippen LogP contribution in [0, 0.1) is 0 Å². The van der Waals surface area contributed by atoms with Crippen LogP contribution in [0.3, 0.4) is 0 Å². The van der Waals surface area contributed by atoms with Gasteiger partial charge in [-0.1, -0.05) is 37.3 Å². The normalized spacial score (nSPS) is 16.1. The lowest BCUT2D eigenvalue weighted by atomic mass is 9.98. The molecule has 2 N–H and O–H groups in total. The SMILES string of the molecule is CCc1ccc(OC(=O)NCC2CCc3ccccc3N2)cc1. The van der Waals surface area contributed by atoms with E-state index in [4.69, 9.17) is 4.74 Å². The van der Waals surface area contributed by atoms with Gasteiger partial charge in [0.25, 0.3) is 0 Å². The number of fused-ring (bicyclic) bond motifs is 1. The molecule has 0 aliphatic carbocycles. The maximum Gasteiger partial charge on any atom is 0.412 e. The third-order valence-corrected chi connectivity index (χ3v) is 4.17. The molecular formula is C19H22N2O2. The largest absolute Gasteiger partial charge is 0.412 e. The molecular weight excluding hydrogens is 288 g/mol. The summed E-state index contributed by atoms with van der Waals surface area (Å²) in [7, 11) is 0. The standard InChI is InChI=1S/C19H22N2O2/c1-2-14-7-11-17(12-8-14)23-19(22)20-13-16-10-9-15-5-3-4-6-18(15)21-16/h3-8,11-12,16,21H,2,9-10,13H2,1H3,(H,20,22). The number of anilines is 1. The predicted octanol–water partition coefficient (Wildman–Crippen LogP) is 3.76. The summed E-state index contributed by atoms with van der Waals surface area (Å²) >= 11 is 0. The fourth-order valence-corrected chi connectivity index (χ4v) is 2.80. The van der Waals surface area contributed by atoms with E-state index in [1.165, 1.54) is 11.1 Å². The molecule has 23 heavy (non-hydrogen) atoms. The van der Waals surface area contributed by atoms with E-state index in [-0.39, 0.29) is 6.04 Å². The Bertz CT molecular complexity index is 667. The number of nitrogens with one attached hydrogen (secondary N) is 2. The molecule has 4 heteroatoms. The summed E-state index contributed by atoms with van der Waals surface area (Å²) in [5.41, 5.74) is 3.72. The van der Waals surface area contributed by atoms with Gasteiger partial charge in [-0.25, -0.2) is 4.79 Å². The number of ether oxygens (including phenoxy) is 1. The molecule has 1 unspecified atom stereocenters. The van der Waals surface area contributed by atoms with Gasteiger partial charge in [-0.2, -0.15) is 0 Å². The number of benzene rings is 2. The molecule has 0 bridgehead atoms. The average Bonchev–Trinajstić information content (AvgIpc) is 2.60. The smallest absolute Gasteiger partial charge is 0.410 e. The molecule has 1 heterocycles. The van der Waals surface area contributed by atoms with Crippen LogP contribution >= 0.6 is 0 Å². The quantitative estimate of drug-likeness (QED) is 0.904. The van der Waals surface area contributed by atoms with Crippen LogP contribution < -0.4 is 15.4 Å². The second kappa shape index (κ2) is 7.18. The molecule has 0 saturated heterocycles. The second-order valence-electron chi connectivity index (χ2n) is 5.81. The molecule has 1 amide bonds. The number of carbonyl (C=O) groups excluding carboxylic acids is 1. The van der Waals surface area contributed by atoms with E-state index >= 15 is 0 Å². The number of para-hydroxylation sites is 1. The van der Waals surface area contributed by atoms with Gasteiger partial charge < -0.3 is 15.4 Å². The van der Waals surface area contributed by atoms with Crippen LogP contribution in [0.15, 0.2) is 48.5 Å². The highest BCUT2D eigenvalue weighted by molar-refractivity contribution is 5.70. The van der Waals surface area contributed by atoms with Crippen molar-refractivity contribution < 1.29 is 9.53 Å². The van der Waals surface area contributed by atoms with Crippen molar-refractivity contribution in [3.8, 4) is 5.75 Å². The number of aryl methyl sites for hydroxylation is 2. The molecule has 4 nitrogen and oxygen atoms in total. The number of amides is 1. The van der Waals surface area contributed by atoms with Gasteiger partial charge in [-0.05, 0) is 48.6 Å². The monoisotopic (exact) mass is 310 g/mol. The van der Waals surface area contributed by atoms with E-state index < -0.39 is 6.09 Å². The van der Waals surface area contributed by atoms with Crippen LogP contribution in [0.4, 0.5) is 10.5 Å². The van der Waals surface area contributed by atoms with Crippen LogP contribution in [0.2, 0.25) is 0 Å². The summed E-state index contributed by atoms with van der Waals surface area (Å²) in [5, 5.41) is 6.30. The third-order valence-electron chi connectivity index (χ3n) is 4.17. The summed E-state index contributed by atoms with van der Waals surface area (Å²) < 4.78 is 5.30. The molecule has 0 radical (unpaired) electrons. The van der Waals surface area contributed by atoms with E-state index in [1.807, 2.05) is 30.3 Å². The topological polar surface area (TPSA) is 50.4 Å². The van der Waals surface area contributed by atoms with E-state index in [0.717, 1.165) is 24.9 Å². The Labute approximate surface area is 136 Å². The van der Waals surface area contributed by atoms with E-state index in [0.29, 0.717) is 12.3 Å². The Kier molecular flexibility index (Phi) is 4.81. The molecule has 0 saturated carbocycles. The highest BCUT2D eigenvalue weighted by atomic mass is 16.6. The van der Waals surface area contributed by atoms with Crippen LogP contribution in [0.5, 0.6) is 5.75 Å². The third kappa shape index (κ3) is 4.03. The molecule has 3 rings (SSSR count). The highest BCUT2D eigenvalue weighted by Crippen LogP contribution is 2.23. The van der Waals surface area contributed by atoms with Crippen molar-refractivity contribution in [3.63, 3.8) is 0 Å². The maximum absolute atomic E-state index is 11.9. The molecule has 1 aliphatic heterocycles. The van der Waals surface area contributed by atoms with Gasteiger partial charge in [0.1, 0.15) is 5.75 Å². The van der Waals surface area contributed by atoms with Crippen molar-refractivity contribution in [1.82, 2.24) is 5.32 Å². The first-order valence-corrected chi connectivity index (χ1v) is 8.13. The number of rotatable bonds is 4. The fourth-order valence-electron chi connectivity index (χ4n) is 2.80. The van der Waals surface area contributed by atoms with Gasteiger partial charge in [0, 0.05) is 18.3 Å². The molecule has 0 fully saturated rings. The lowest BCUT2D eigenvalue weighted by Crippen LogP contribution is -2.39. The van der Waals surface area contributed by atoms with Crippen molar-refractivity contribution in [2.45, 2.75) is 32.2 Å². The number of carbonyl (C=O) groups is 1. The molecule has 2 aromatic carbocycles. The van der Waals surface area contributed by atoms with Crippen LogP contribution in [-0.4, -0.2) is 18.7 Å². The van der Waals surface area contributed by atoms with E-state index in [1.54, 1.807) is 0 Å². The summed E-state index contributed by atoms with van der Waals surface area (Å²) in [5.74, 6) is 0.571. The fraction of sp³-hybridized carbons (Fsp3) is 0.316. The van der Waals surface area contributed by atoms with Gasteiger partial charge in [-0.3, -0.25) is 0 Å². The van der Waals surface area contributed by atoms with Gasteiger partial charge in [0.2, 0.25) is 0 Å². The van der Waals surface area contributed by atoms with Crippen LogP contribution in [-0.2, 0) is 12.8 Å². The second-order valence-corrected chi connectivity index (χ2v) is 5.81. The zero-order chi connectivity index (χ0) is 16.1. The molecule has 2 aromatic rings. The zero-order valence-corrected chi connectivity index (χ0v) is 13.3. The Balaban J connectivity index is 1.47. The van der Waals surface area contributed by atoms with Gasteiger partial charge >= 0.3 is 6.09 Å². The average molecular weight is 310 g/mol. The molecule has 120 valence electrons. The lowest BCUT2D eigenvalue weighted by molar-refractivity contribution is 0.200. The van der Waals surface area contributed by atoms with Crippen LogP contribution in [0.25, 0.3) is 0 Å². The zero-order valence-electron chi connectivity index (χ0n) is 13.3. The van der Waals surface area contributed by atoms with E-state index in [9.17, 15) is 4.79 Å². The van der Waals surface area contributed by atoms with Gasteiger partial charge in [0.05, 0.1) is 0 Å². The first-order chi connectivity index (χ1) is 11.2. The summed E-state index contributed by atoms with van der Waals surface area (Å²) in [6.45, 7) is 2.65. The molecule has 1 atom stereocenters. The Hall–Kier alpha value is -2.49. The Morgan fingerprint density at radius 3 is 2.78 bits per heavy atom. The van der Waals surface area contributed by atoms with Crippen molar-refractivity contribution in [2.75, 3.05) is 11.9 Å². The van der Waals surface area contributed by atoms with Crippen LogP contribution in [0.1, 0.15) is 24.5 Å². The minimum Gasteiger partial charge on any atom is -0.410 e. The van der Waals surface area contributed by atoms with Gasteiger partial charge in [-0.15, -0.1) is 0 Å². The van der Waals surface area contributed by atoms with Crippen molar-refractivity contribution in [2.24, 2.45) is 0 Å². The minimum absolute atomic E-state index is 0.236.